The number of aliphatic hydroxyl groups is 2. The molecule has 0 fully saturated rings. The van der Waals surface area contributed by atoms with Gasteiger partial charge < -0.3 is 14.9 Å². The Morgan fingerprint density at radius 1 is 1.59 bits per heavy atom. The summed E-state index contributed by atoms with van der Waals surface area (Å²) in [5, 5.41) is 19.4. The first-order valence-corrected chi connectivity index (χ1v) is 5.00. The van der Waals surface area contributed by atoms with Crippen molar-refractivity contribution in [2.45, 2.75) is 25.6 Å². The van der Waals surface area contributed by atoms with E-state index in [1.54, 1.807) is 6.92 Å². The molecule has 1 heterocycles. The summed E-state index contributed by atoms with van der Waals surface area (Å²) in [5.41, 5.74) is 0.733. The smallest absolute Gasteiger partial charge is 0.308 e. The minimum atomic E-state index is -1.31. The predicted octanol–water partition coefficient (Wildman–Crippen LogP) is 0.487. The van der Waals surface area contributed by atoms with Gasteiger partial charge in [-0.05, 0) is 18.6 Å². The molecular weight excluding hydrogens is 229 g/mol. The molecule has 0 aliphatic rings. The zero-order chi connectivity index (χ0) is 13.0. The first-order valence-electron chi connectivity index (χ1n) is 5.00. The number of carbonyl (C=O) groups excluding carboxylic acids is 1. The number of halogens is 1. The zero-order valence-electron chi connectivity index (χ0n) is 9.55. The van der Waals surface area contributed by atoms with Crippen molar-refractivity contribution in [2.24, 2.45) is 0 Å². The van der Waals surface area contributed by atoms with Crippen LogP contribution in [0.2, 0.25) is 0 Å². The second-order valence-corrected chi connectivity index (χ2v) is 3.66. The Bertz CT molecular complexity index is 410. The molecule has 0 spiro atoms. The number of hydrogen-bond acceptors (Lipinski definition) is 5. The van der Waals surface area contributed by atoms with Crippen molar-refractivity contribution in [1.82, 2.24) is 4.98 Å². The molecule has 0 saturated heterocycles. The van der Waals surface area contributed by atoms with E-state index in [9.17, 15) is 19.4 Å². The molecule has 17 heavy (non-hydrogen) atoms. The number of aryl methyl sites for hydroxylation is 1. The molecule has 0 aromatic carbocycles. The Hall–Kier alpha value is -1.53. The number of pyridine rings is 1. The number of methoxy groups -OCH3 is 1. The van der Waals surface area contributed by atoms with E-state index in [0.29, 0.717) is 5.56 Å². The van der Waals surface area contributed by atoms with E-state index < -0.39 is 24.1 Å². The minimum Gasteiger partial charge on any atom is -0.469 e. The van der Waals surface area contributed by atoms with Crippen LogP contribution in [0.25, 0.3) is 0 Å². The van der Waals surface area contributed by atoms with E-state index in [4.69, 9.17) is 0 Å². The second-order valence-electron chi connectivity index (χ2n) is 3.66. The van der Waals surface area contributed by atoms with Gasteiger partial charge in [0.2, 0.25) is 5.95 Å². The summed E-state index contributed by atoms with van der Waals surface area (Å²) in [7, 11) is 1.19. The largest absolute Gasteiger partial charge is 0.469 e. The maximum atomic E-state index is 12.7. The highest BCUT2D eigenvalue weighted by Crippen LogP contribution is 2.22. The molecule has 1 rings (SSSR count). The van der Waals surface area contributed by atoms with E-state index in [1.165, 1.54) is 7.11 Å². The number of aliphatic hydroxyl groups excluding tert-OH is 2. The maximum absolute atomic E-state index is 12.7. The van der Waals surface area contributed by atoms with Crippen LogP contribution in [0.4, 0.5) is 4.39 Å². The maximum Gasteiger partial charge on any atom is 0.308 e. The molecule has 0 radical (unpaired) electrons. The number of ether oxygens (including phenoxy) is 1. The van der Waals surface area contributed by atoms with Crippen LogP contribution in [-0.4, -0.2) is 34.4 Å². The SMILES string of the molecule is COC(=O)CC(O)C(O)c1cnc(F)cc1C. The molecule has 5 nitrogen and oxygen atoms in total. The molecule has 0 bridgehead atoms. The van der Waals surface area contributed by atoms with Crippen LogP contribution in [0, 0.1) is 12.9 Å². The van der Waals surface area contributed by atoms with Crippen LogP contribution < -0.4 is 0 Å². The van der Waals surface area contributed by atoms with Crippen molar-refractivity contribution in [3.63, 3.8) is 0 Å². The molecule has 1 aromatic heterocycles. The van der Waals surface area contributed by atoms with Gasteiger partial charge in [-0.1, -0.05) is 0 Å². The average molecular weight is 243 g/mol. The summed E-state index contributed by atoms with van der Waals surface area (Å²) >= 11 is 0. The van der Waals surface area contributed by atoms with Crippen LogP contribution in [-0.2, 0) is 9.53 Å². The predicted molar refractivity (Wildman–Crippen MR) is 56.5 cm³/mol. The molecule has 2 N–H and O–H groups in total. The molecule has 0 aliphatic carbocycles. The van der Waals surface area contributed by atoms with Crippen LogP contribution in [0.3, 0.4) is 0 Å². The lowest BCUT2D eigenvalue weighted by Gasteiger charge is -2.18. The summed E-state index contributed by atoms with van der Waals surface area (Å²) in [5.74, 6) is -1.30. The Morgan fingerprint density at radius 3 is 2.76 bits per heavy atom. The number of carbonyl (C=O) groups is 1. The molecule has 0 amide bonds. The van der Waals surface area contributed by atoms with Crippen molar-refractivity contribution in [1.29, 1.82) is 0 Å². The van der Waals surface area contributed by atoms with E-state index in [2.05, 4.69) is 9.72 Å². The van der Waals surface area contributed by atoms with Gasteiger partial charge in [0, 0.05) is 11.8 Å². The van der Waals surface area contributed by atoms with Gasteiger partial charge in [-0.2, -0.15) is 4.39 Å². The van der Waals surface area contributed by atoms with Crippen molar-refractivity contribution < 1.29 is 24.1 Å². The Labute approximate surface area is 97.9 Å². The molecule has 2 unspecified atom stereocenters. The van der Waals surface area contributed by atoms with Crippen LogP contribution >= 0.6 is 0 Å². The topological polar surface area (TPSA) is 79.7 Å². The number of hydrogen-bond donors (Lipinski definition) is 2. The van der Waals surface area contributed by atoms with Crippen molar-refractivity contribution in [3.8, 4) is 0 Å². The standard InChI is InChI=1S/C11H14FNO4/c1-6-3-9(12)13-5-7(6)11(16)8(14)4-10(15)17-2/h3,5,8,11,14,16H,4H2,1-2H3. The molecule has 2 atom stereocenters. The van der Waals surface area contributed by atoms with Crippen LogP contribution in [0.15, 0.2) is 12.3 Å². The first kappa shape index (κ1) is 13.5. The van der Waals surface area contributed by atoms with Gasteiger partial charge in [-0.3, -0.25) is 4.79 Å². The van der Waals surface area contributed by atoms with Gasteiger partial charge >= 0.3 is 5.97 Å². The van der Waals surface area contributed by atoms with Gasteiger partial charge in [0.05, 0.1) is 19.6 Å². The van der Waals surface area contributed by atoms with Crippen molar-refractivity contribution >= 4 is 5.97 Å². The lowest BCUT2D eigenvalue weighted by molar-refractivity contribution is -0.144. The van der Waals surface area contributed by atoms with E-state index >= 15 is 0 Å². The third kappa shape index (κ3) is 3.47. The summed E-state index contributed by atoms with van der Waals surface area (Å²) in [4.78, 5) is 14.3. The molecule has 0 aliphatic heterocycles. The van der Waals surface area contributed by atoms with E-state index in [0.717, 1.165) is 12.3 Å². The number of esters is 1. The molecule has 0 saturated carbocycles. The summed E-state index contributed by atoms with van der Waals surface area (Å²) < 4.78 is 17.1. The third-order valence-corrected chi connectivity index (χ3v) is 2.40. The lowest BCUT2D eigenvalue weighted by atomic mass is 10.00. The van der Waals surface area contributed by atoms with Gasteiger partial charge in [0.25, 0.3) is 0 Å². The van der Waals surface area contributed by atoms with Gasteiger partial charge in [0.15, 0.2) is 0 Å². The highest BCUT2D eigenvalue weighted by atomic mass is 19.1. The van der Waals surface area contributed by atoms with Crippen molar-refractivity contribution in [2.75, 3.05) is 7.11 Å². The van der Waals surface area contributed by atoms with Crippen molar-refractivity contribution in [3.05, 3.63) is 29.3 Å². The monoisotopic (exact) mass is 243 g/mol. The molecule has 6 heteroatoms. The van der Waals surface area contributed by atoms with Gasteiger partial charge in [-0.15, -0.1) is 0 Å². The Kier molecular flexibility index (Phi) is 4.53. The van der Waals surface area contributed by atoms with Gasteiger partial charge in [-0.25, -0.2) is 4.98 Å². The summed E-state index contributed by atoms with van der Waals surface area (Å²) in [6.07, 6.45) is -1.82. The average Bonchev–Trinajstić information content (AvgIpc) is 2.28. The quantitative estimate of drug-likeness (QED) is 0.594. The van der Waals surface area contributed by atoms with E-state index in [1.807, 2.05) is 0 Å². The molecule has 94 valence electrons. The second kappa shape index (κ2) is 5.70. The number of nitrogens with zero attached hydrogens (tertiary/aromatic N) is 1. The summed E-state index contributed by atoms with van der Waals surface area (Å²) in [6, 6.07) is 1.14. The zero-order valence-corrected chi connectivity index (χ0v) is 9.55. The minimum absolute atomic E-state index is 0.280. The Balaban J connectivity index is 2.81. The summed E-state index contributed by atoms with van der Waals surface area (Å²) in [6.45, 7) is 1.58. The van der Waals surface area contributed by atoms with Gasteiger partial charge in [0.1, 0.15) is 6.10 Å². The van der Waals surface area contributed by atoms with Crippen LogP contribution in [0.5, 0.6) is 0 Å². The molecule has 1 aromatic rings. The highest BCUT2D eigenvalue weighted by molar-refractivity contribution is 5.69. The Morgan fingerprint density at radius 2 is 2.24 bits per heavy atom. The normalized spacial score (nSPS) is 14.2. The fraction of sp³-hybridized carbons (Fsp3) is 0.455. The highest BCUT2D eigenvalue weighted by Gasteiger charge is 2.23. The fourth-order valence-corrected chi connectivity index (χ4v) is 1.41. The van der Waals surface area contributed by atoms with Crippen LogP contribution in [0.1, 0.15) is 23.7 Å². The fourth-order valence-electron chi connectivity index (χ4n) is 1.41. The lowest BCUT2D eigenvalue weighted by Crippen LogP contribution is -2.23. The van der Waals surface area contributed by atoms with E-state index in [-0.39, 0.29) is 12.0 Å². The third-order valence-electron chi connectivity index (χ3n) is 2.40. The number of rotatable bonds is 4. The first-order chi connectivity index (χ1) is 7.95. The number of aromatic nitrogens is 1. The molecular formula is C11H14FNO4.